The van der Waals surface area contributed by atoms with Crippen LogP contribution in [0.3, 0.4) is 0 Å². The summed E-state index contributed by atoms with van der Waals surface area (Å²) in [5, 5.41) is 7.50. The zero-order valence-corrected chi connectivity index (χ0v) is 18.4. The Morgan fingerprint density at radius 2 is 2.10 bits per heavy atom. The molecular weight excluding hydrogens is 396 g/mol. The molecule has 1 amide bonds. The summed E-state index contributed by atoms with van der Waals surface area (Å²) in [4.78, 5) is 24.4. The van der Waals surface area contributed by atoms with Gasteiger partial charge in [0.25, 0.3) is 0 Å². The molecule has 0 saturated carbocycles. The van der Waals surface area contributed by atoms with E-state index in [1.807, 2.05) is 39.0 Å². The molecule has 0 radical (unpaired) electrons. The van der Waals surface area contributed by atoms with Crippen molar-refractivity contribution in [2.45, 2.75) is 27.2 Å². The van der Waals surface area contributed by atoms with Gasteiger partial charge in [-0.25, -0.2) is 14.6 Å². The molecule has 1 aliphatic heterocycles. The van der Waals surface area contributed by atoms with Crippen molar-refractivity contribution >= 4 is 11.7 Å². The lowest BCUT2D eigenvalue weighted by Gasteiger charge is -2.15. The topological polar surface area (TPSA) is 98.3 Å². The first-order chi connectivity index (χ1) is 14.9. The van der Waals surface area contributed by atoms with Crippen molar-refractivity contribution in [2.75, 3.05) is 38.7 Å². The third-order valence-electron chi connectivity index (χ3n) is 5.41. The Balaban J connectivity index is 1.60. The summed E-state index contributed by atoms with van der Waals surface area (Å²) in [5.74, 6) is 2.60. The van der Waals surface area contributed by atoms with Gasteiger partial charge in [0.1, 0.15) is 11.6 Å². The molecule has 0 bridgehead atoms. The highest BCUT2D eigenvalue weighted by Gasteiger charge is 2.28. The van der Waals surface area contributed by atoms with Crippen LogP contribution in [0.1, 0.15) is 23.6 Å². The average molecular weight is 425 g/mol. The summed E-state index contributed by atoms with van der Waals surface area (Å²) in [6.07, 6.45) is 0.815. The maximum Gasteiger partial charge on any atom is 0.229 e. The summed E-state index contributed by atoms with van der Waals surface area (Å²) in [6.45, 7) is 8.86. The molecule has 1 N–H and O–H groups in total. The number of ether oxygens (including phenoxy) is 1. The molecule has 3 aromatic rings. The molecule has 1 fully saturated rings. The van der Waals surface area contributed by atoms with Crippen molar-refractivity contribution in [3.8, 4) is 17.4 Å². The van der Waals surface area contributed by atoms with E-state index in [0.29, 0.717) is 29.8 Å². The number of carbonyl (C=O) groups excluding carboxylic acids is 1. The fraction of sp³-hybridized carbons (Fsp3) is 0.455. The lowest BCUT2D eigenvalue weighted by Crippen LogP contribution is -2.29. The Hall–Kier alpha value is -3.04. The Labute approximate surface area is 181 Å². The maximum absolute atomic E-state index is 12.9. The van der Waals surface area contributed by atoms with Gasteiger partial charge in [0.15, 0.2) is 17.4 Å². The highest BCUT2D eigenvalue weighted by Crippen LogP contribution is 2.24. The summed E-state index contributed by atoms with van der Waals surface area (Å²) < 4.78 is 12.6. The van der Waals surface area contributed by atoms with Crippen LogP contribution in [0.5, 0.6) is 0 Å². The molecule has 1 atom stereocenters. The summed E-state index contributed by atoms with van der Waals surface area (Å²) in [5.41, 5.74) is 1.83. The van der Waals surface area contributed by atoms with E-state index in [9.17, 15) is 4.79 Å². The highest BCUT2D eigenvalue weighted by molar-refractivity contribution is 5.92. The largest absolute Gasteiger partial charge is 0.458 e. The molecule has 3 aromatic heterocycles. The molecule has 9 nitrogen and oxygen atoms in total. The first kappa shape index (κ1) is 21.2. The van der Waals surface area contributed by atoms with Gasteiger partial charge in [-0.15, -0.1) is 0 Å². The van der Waals surface area contributed by atoms with Gasteiger partial charge in [-0.05, 0) is 51.9 Å². The number of nitrogens with zero attached hydrogens (tertiary/aromatic N) is 5. The van der Waals surface area contributed by atoms with Gasteiger partial charge in [-0.1, -0.05) is 0 Å². The zero-order chi connectivity index (χ0) is 22.0. The maximum atomic E-state index is 12.9. The number of aromatic nitrogens is 4. The van der Waals surface area contributed by atoms with E-state index in [1.165, 1.54) is 0 Å². The number of likely N-dealkylation sites (tertiary alicyclic amines) is 1. The van der Waals surface area contributed by atoms with Crippen molar-refractivity contribution in [2.24, 2.45) is 5.92 Å². The van der Waals surface area contributed by atoms with Crippen molar-refractivity contribution in [1.29, 1.82) is 0 Å². The quantitative estimate of drug-likeness (QED) is 0.623. The number of amides is 1. The van der Waals surface area contributed by atoms with E-state index < -0.39 is 0 Å². The number of hydrogen-bond donors (Lipinski definition) is 1. The van der Waals surface area contributed by atoms with Crippen LogP contribution in [-0.2, 0) is 9.53 Å². The Kier molecular flexibility index (Phi) is 6.15. The average Bonchev–Trinajstić information content (AvgIpc) is 3.46. The van der Waals surface area contributed by atoms with Gasteiger partial charge in [0, 0.05) is 32.0 Å². The third-order valence-corrected chi connectivity index (χ3v) is 5.41. The van der Waals surface area contributed by atoms with E-state index in [4.69, 9.17) is 9.15 Å². The molecule has 0 spiro atoms. The summed E-state index contributed by atoms with van der Waals surface area (Å²) in [6, 6.07) is 7.41. The molecule has 4 rings (SSSR count). The van der Waals surface area contributed by atoms with Crippen LogP contribution >= 0.6 is 0 Å². The normalized spacial score (nSPS) is 16.7. The number of carbonyl (C=O) groups is 1. The van der Waals surface area contributed by atoms with Crippen LogP contribution < -0.4 is 5.32 Å². The molecule has 0 unspecified atom stereocenters. The molecule has 1 aliphatic rings. The predicted octanol–water partition coefficient (Wildman–Crippen LogP) is 2.75. The van der Waals surface area contributed by atoms with Gasteiger partial charge in [-0.3, -0.25) is 4.79 Å². The van der Waals surface area contributed by atoms with Gasteiger partial charge < -0.3 is 19.4 Å². The number of aryl methyl sites for hydroxylation is 3. The minimum atomic E-state index is -0.0849. The van der Waals surface area contributed by atoms with Crippen LogP contribution in [0.2, 0.25) is 0 Å². The second-order valence-electron chi connectivity index (χ2n) is 7.95. The van der Waals surface area contributed by atoms with Crippen LogP contribution in [0.4, 0.5) is 5.82 Å². The first-order valence-corrected chi connectivity index (χ1v) is 10.4. The molecule has 9 heteroatoms. The lowest BCUT2D eigenvalue weighted by atomic mass is 10.1. The summed E-state index contributed by atoms with van der Waals surface area (Å²) >= 11 is 0. The number of methoxy groups -OCH3 is 1. The van der Waals surface area contributed by atoms with Crippen molar-refractivity contribution in [3.63, 3.8) is 0 Å². The fourth-order valence-corrected chi connectivity index (χ4v) is 3.83. The van der Waals surface area contributed by atoms with Gasteiger partial charge in [0.2, 0.25) is 5.91 Å². The molecule has 31 heavy (non-hydrogen) atoms. The molecule has 1 saturated heterocycles. The minimum absolute atomic E-state index is 0.0421. The number of furan rings is 1. The zero-order valence-electron chi connectivity index (χ0n) is 18.4. The Morgan fingerprint density at radius 1 is 1.26 bits per heavy atom. The SMILES string of the molecule is COCCN1CC[C@H](C(=O)Nc2cc(-n3nc(C)cc3C)nc(-c3ccc(C)o3)n2)C1. The van der Waals surface area contributed by atoms with Crippen molar-refractivity contribution < 1.29 is 13.9 Å². The highest BCUT2D eigenvalue weighted by atomic mass is 16.5. The molecule has 0 aromatic carbocycles. The first-order valence-electron chi connectivity index (χ1n) is 10.4. The lowest BCUT2D eigenvalue weighted by molar-refractivity contribution is -0.119. The Morgan fingerprint density at radius 3 is 2.77 bits per heavy atom. The Bertz CT molecular complexity index is 1070. The van der Waals surface area contributed by atoms with Crippen LogP contribution in [0.15, 0.2) is 28.7 Å². The molecule has 4 heterocycles. The smallest absolute Gasteiger partial charge is 0.229 e. The number of rotatable bonds is 7. The van der Waals surface area contributed by atoms with E-state index in [-0.39, 0.29) is 11.8 Å². The van der Waals surface area contributed by atoms with Crippen LogP contribution in [0, 0.1) is 26.7 Å². The fourth-order valence-electron chi connectivity index (χ4n) is 3.83. The van der Waals surface area contributed by atoms with Gasteiger partial charge in [-0.2, -0.15) is 5.10 Å². The second kappa shape index (κ2) is 8.99. The molecule has 0 aliphatic carbocycles. The van der Waals surface area contributed by atoms with Gasteiger partial charge >= 0.3 is 0 Å². The molecular formula is C22H28N6O3. The predicted molar refractivity (Wildman–Crippen MR) is 116 cm³/mol. The van der Waals surface area contributed by atoms with Crippen molar-refractivity contribution in [3.05, 3.63) is 41.4 Å². The second-order valence-corrected chi connectivity index (χ2v) is 7.95. The minimum Gasteiger partial charge on any atom is -0.458 e. The van der Waals surface area contributed by atoms with Gasteiger partial charge in [0.05, 0.1) is 18.2 Å². The standard InChI is InChI=1S/C22H28N6O3/c1-14-11-15(2)28(26-14)20-12-19(23-21(25-20)18-6-5-16(3)31-18)24-22(29)17-7-8-27(13-17)9-10-30-4/h5-6,11-12,17H,7-10,13H2,1-4H3,(H,23,24,25,29)/t17-/m0/s1. The third kappa shape index (κ3) is 4.83. The van der Waals surface area contributed by atoms with E-state index in [0.717, 1.165) is 43.2 Å². The number of hydrogen-bond acceptors (Lipinski definition) is 7. The summed E-state index contributed by atoms with van der Waals surface area (Å²) in [7, 11) is 1.69. The number of anilines is 1. The monoisotopic (exact) mass is 424 g/mol. The van der Waals surface area contributed by atoms with E-state index >= 15 is 0 Å². The van der Waals surface area contributed by atoms with Crippen LogP contribution in [0.25, 0.3) is 17.4 Å². The van der Waals surface area contributed by atoms with E-state index in [2.05, 4.69) is 25.3 Å². The van der Waals surface area contributed by atoms with E-state index in [1.54, 1.807) is 17.9 Å². The van der Waals surface area contributed by atoms with Crippen molar-refractivity contribution in [1.82, 2.24) is 24.6 Å². The number of nitrogens with one attached hydrogen (secondary N) is 1. The molecule has 164 valence electrons. The van der Waals surface area contributed by atoms with Crippen LogP contribution in [-0.4, -0.2) is 63.9 Å².